The molecule has 2 aromatic rings. The van der Waals surface area contributed by atoms with Gasteiger partial charge in [0.15, 0.2) is 5.58 Å². The highest BCUT2D eigenvalue weighted by molar-refractivity contribution is 5.72. The first-order valence-corrected chi connectivity index (χ1v) is 5.48. The first kappa shape index (κ1) is 8.92. The van der Waals surface area contributed by atoms with Gasteiger partial charge < -0.3 is 9.73 Å². The summed E-state index contributed by atoms with van der Waals surface area (Å²) < 4.78 is 5.29. The monoisotopic (exact) mass is 202 g/mol. The molecule has 1 fully saturated rings. The third-order valence-electron chi connectivity index (χ3n) is 3.09. The standard InChI is InChI=1S/C12H14N2O/c1-2-12-11(5-8-15-12)14-10(1)9-3-6-13-7-4-9/h1-2,5,8-9,13H,3-4,6-7H2. The van der Waals surface area contributed by atoms with Crippen LogP contribution in [0.2, 0.25) is 0 Å². The zero-order valence-electron chi connectivity index (χ0n) is 8.57. The van der Waals surface area contributed by atoms with Gasteiger partial charge in [-0.15, -0.1) is 0 Å². The fraction of sp³-hybridized carbons (Fsp3) is 0.417. The van der Waals surface area contributed by atoms with Crippen LogP contribution < -0.4 is 5.32 Å². The SMILES string of the molecule is c1cc2nc(C3CCNCC3)ccc2o1. The van der Waals surface area contributed by atoms with Crippen LogP contribution in [0.15, 0.2) is 28.9 Å². The van der Waals surface area contributed by atoms with Gasteiger partial charge in [0.1, 0.15) is 5.52 Å². The van der Waals surface area contributed by atoms with E-state index in [9.17, 15) is 0 Å². The first-order valence-electron chi connectivity index (χ1n) is 5.48. The van der Waals surface area contributed by atoms with Crippen molar-refractivity contribution in [1.29, 1.82) is 0 Å². The van der Waals surface area contributed by atoms with Gasteiger partial charge in [-0.1, -0.05) is 0 Å². The summed E-state index contributed by atoms with van der Waals surface area (Å²) in [6.45, 7) is 2.21. The van der Waals surface area contributed by atoms with E-state index < -0.39 is 0 Å². The first-order chi connectivity index (χ1) is 7.43. The predicted molar refractivity (Wildman–Crippen MR) is 58.9 cm³/mol. The molecule has 3 rings (SSSR count). The molecule has 1 aliphatic heterocycles. The van der Waals surface area contributed by atoms with Crippen molar-refractivity contribution in [3.05, 3.63) is 30.2 Å². The summed E-state index contributed by atoms with van der Waals surface area (Å²) in [6.07, 6.45) is 4.08. The van der Waals surface area contributed by atoms with Crippen LogP contribution in [0.3, 0.4) is 0 Å². The molecule has 3 heterocycles. The van der Waals surface area contributed by atoms with Crippen LogP contribution in [0.25, 0.3) is 11.1 Å². The fourth-order valence-electron chi connectivity index (χ4n) is 2.21. The molecule has 0 aliphatic carbocycles. The number of fused-ring (bicyclic) bond motifs is 1. The van der Waals surface area contributed by atoms with Gasteiger partial charge in [-0.2, -0.15) is 0 Å². The Morgan fingerprint density at radius 2 is 2.07 bits per heavy atom. The number of nitrogens with one attached hydrogen (secondary N) is 1. The Hall–Kier alpha value is -1.35. The fourth-order valence-corrected chi connectivity index (χ4v) is 2.21. The van der Waals surface area contributed by atoms with Crippen molar-refractivity contribution in [2.75, 3.05) is 13.1 Å². The molecule has 1 N–H and O–H groups in total. The van der Waals surface area contributed by atoms with Crippen molar-refractivity contribution >= 4 is 11.1 Å². The molecule has 0 unspecified atom stereocenters. The van der Waals surface area contributed by atoms with Gasteiger partial charge in [0.25, 0.3) is 0 Å². The molecule has 0 radical (unpaired) electrons. The third-order valence-corrected chi connectivity index (χ3v) is 3.09. The van der Waals surface area contributed by atoms with Gasteiger partial charge in [-0.25, -0.2) is 4.98 Å². The maximum absolute atomic E-state index is 5.29. The van der Waals surface area contributed by atoms with Gasteiger partial charge in [0.2, 0.25) is 0 Å². The number of hydrogen-bond donors (Lipinski definition) is 1. The number of hydrogen-bond acceptors (Lipinski definition) is 3. The normalized spacial score (nSPS) is 18.4. The van der Waals surface area contributed by atoms with E-state index in [2.05, 4.69) is 16.4 Å². The topological polar surface area (TPSA) is 38.1 Å². The van der Waals surface area contributed by atoms with Crippen molar-refractivity contribution in [2.24, 2.45) is 0 Å². The molecule has 0 bridgehead atoms. The number of pyridine rings is 1. The van der Waals surface area contributed by atoms with Gasteiger partial charge in [-0.3, -0.25) is 0 Å². The van der Waals surface area contributed by atoms with E-state index in [1.807, 2.05) is 12.1 Å². The predicted octanol–water partition coefficient (Wildman–Crippen LogP) is 2.29. The smallest absolute Gasteiger partial charge is 0.152 e. The molecular formula is C12H14N2O. The minimum atomic E-state index is 0.616. The summed E-state index contributed by atoms with van der Waals surface area (Å²) in [5.74, 6) is 0.616. The lowest BCUT2D eigenvalue weighted by atomic mass is 9.94. The Kier molecular flexibility index (Phi) is 2.18. The van der Waals surface area contributed by atoms with E-state index in [1.54, 1.807) is 6.26 Å². The van der Waals surface area contributed by atoms with Crippen LogP contribution in [-0.4, -0.2) is 18.1 Å². The van der Waals surface area contributed by atoms with E-state index in [0.717, 1.165) is 24.2 Å². The molecule has 1 saturated heterocycles. The minimum absolute atomic E-state index is 0.616. The van der Waals surface area contributed by atoms with Crippen molar-refractivity contribution in [1.82, 2.24) is 10.3 Å². The Morgan fingerprint density at radius 3 is 2.93 bits per heavy atom. The average Bonchev–Trinajstić information content (AvgIpc) is 2.77. The molecular weight excluding hydrogens is 188 g/mol. The molecule has 3 heteroatoms. The molecule has 78 valence electrons. The maximum Gasteiger partial charge on any atom is 0.152 e. The van der Waals surface area contributed by atoms with E-state index >= 15 is 0 Å². The zero-order chi connectivity index (χ0) is 10.1. The van der Waals surface area contributed by atoms with Crippen LogP contribution in [0.5, 0.6) is 0 Å². The van der Waals surface area contributed by atoms with Crippen molar-refractivity contribution < 1.29 is 4.42 Å². The summed E-state index contributed by atoms with van der Waals surface area (Å²) in [5, 5.41) is 3.37. The Labute approximate surface area is 88.5 Å². The second-order valence-electron chi connectivity index (χ2n) is 4.06. The molecule has 0 spiro atoms. The summed E-state index contributed by atoms with van der Waals surface area (Å²) in [5.41, 5.74) is 3.07. The minimum Gasteiger partial charge on any atom is -0.463 e. The highest BCUT2D eigenvalue weighted by atomic mass is 16.3. The maximum atomic E-state index is 5.29. The Balaban J connectivity index is 1.95. The van der Waals surface area contributed by atoms with E-state index in [1.165, 1.54) is 18.5 Å². The lowest BCUT2D eigenvalue weighted by Crippen LogP contribution is -2.26. The van der Waals surface area contributed by atoms with Crippen molar-refractivity contribution in [2.45, 2.75) is 18.8 Å². The average molecular weight is 202 g/mol. The van der Waals surface area contributed by atoms with E-state index in [-0.39, 0.29) is 0 Å². The summed E-state index contributed by atoms with van der Waals surface area (Å²) in [6, 6.07) is 6.06. The van der Waals surface area contributed by atoms with Crippen molar-refractivity contribution in [3.63, 3.8) is 0 Å². The lowest BCUT2D eigenvalue weighted by Gasteiger charge is -2.21. The molecule has 3 nitrogen and oxygen atoms in total. The highest BCUT2D eigenvalue weighted by Crippen LogP contribution is 2.25. The summed E-state index contributed by atoms with van der Waals surface area (Å²) >= 11 is 0. The zero-order valence-corrected chi connectivity index (χ0v) is 8.57. The molecule has 0 atom stereocenters. The van der Waals surface area contributed by atoms with Crippen LogP contribution in [0.4, 0.5) is 0 Å². The van der Waals surface area contributed by atoms with E-state index in [0.29, 0.717) is 5.92 Å². The number of furan rings is 1. The highest BCUT2D eigenvalue weighted by Gasteiger charge is 2.16. The Bertz CT molecular complexity index is 457. The van der Waals surface area contributed by atoms with Crippen LogP contribution in [0.1, 0.15) is 24.5 Å². The van der Waals surface area contributed by atoms with Gasteiger partial charge in [0.05, 0.1) is 6.26 Å². The van der Waals surface area contributed by atoms with Gasteiger partial charge >= 0.3 is 0 Å². The Morgan fingerprint density at radius 1 is 1.20 bits per heavy atom. The lowest BCUT2D eigenvalue weighted by molar-refractivity contribution is 0.454. The van der Waals surface area contributed by atoms with Gasteiger partial charge in [-0.05, 0) is 38.1 Å². The van der Waals surface area contributed by atoms with E-state index in [4.69, 9.17) is 4.42 Å². The number of aromatic nitrogens is 1. The largest absolute Gasteiger partial charge is 0.463 e. The van der Waals surface area contributed by atoms with Crippen LogP contribution in [-0.2, 0) is 0 Å². The van der Waals surface area contributed by atoms with Crippen LogP contribution >= 0.6 is 0 Å². The van der Waals surface area contributed by atoms with Crippen molar-refractivity contribution in [3.8, 4) is 0 Å². The number of rotatable bonds is 1. The summed E-state index contributed by atoms with van der Waals surface area (Å²) in [7, 11) is 0. The molecule has 15 heavy (non-hydrogen) atoms. The van der Waals surface area contributed by atoms with Crippen LogP contribution in [0, 0.1) is 0 Å². The van der Waals surface area contributed by atoms with Gasteiger partial charge in [0, 0.05) is 17.7 Å². The molecule has 0 amide bonds. The molecule has 2 aromatic heterocycles. The quantitative estimate of drug-likeness (QED) is 0.771. The number of nitrogens with zero attached hydrogens (tertiary/aromatic N) is 1. The second kappa shape index (κ2) is 3.66. The molecule has 0 aromatic carbocycles. The molecule has 1 aliphatic rings. The number of piperidine rings is 1. The molecule has 0 saturated carbocycles. The second-order valence-corrected chi connectivity index (χ2v) is 4.06. The third kappa shape index (κ3) is 1.63. The summed E-state index contributed by atoms with van der Waals surface area (Å²) in [4.78, 5) is 4.64.